The average Bonchev–Trinajstić information content (AvgIpc) is 2.48. The second-order valence-corrected chi connectivity index (χ2v) is 8.38. The molecule has 0 aromatic carbocycles. The van der Waals surface area contributed by atoms with Crippen LogP contribution >= 0.6 is 7.87 Å². The lowest BCUT2D eigenvalue weighted by molar-refractivity contribution is 0.274. The molecule has 0 heterocycles. The molecular formula is C15H38N4P+. The van der Waals surface area contributed by atoms with Crippen LogP contribution in [-0.2, 0) is 0 Å². The third kappa shape index (κ3) is 3.72. The van der Waals surface area contributed by atoms with E-state index in [2.05, 4.69) is 74.2 Å². The van der Waals surface area contributed by atoms with E-state index in [0.29, 0.717) is 0 Å². The molecular weight excluding hydrogens is 267 g/mol. The predicted octanol–water partition coefficient (Wildman–Crippen LogP) is 3.64. The maximum absolute atomic E-state index is 2.70. The highest BCUT2D eigenvalue weighted by Gasteiger charge is 2.57. The summed E-state index contributed by atoms with van der Waals surface area (Å²) >= 11 is 0. The monoisotopic (exact) mass is 305 g/mol. The van der Waals surface area contributed by atoms with Crippen molar-refractivity contribution in [1.82, 2.24) is 18.7 Å². The molecule has 0 aromatic rings. The van der Waals surface area contributed by atoms with Crippen molar-refractivity contribution >= 4 is 7.87 Å². The highest BCUT2D eigenvalue weighted by Crippen LogP contribution is 2.68. The molecule has 0 aliphatic rings. The standard InChI is InChI=1S/C15H38N4P/c1-9-16(8)20(17(10-2)11-3,18(12-4)13-5)19(14-6)15-7/h9-15H2,1-8H3/q+1. The maximum Gasteiger partial charge on any atom is 0.308 e. The van der Waals surface area contributed by atoms with Gasteiger partial charge in [-0.25, -0.2) is 0 Å². The summed E-state index contributed by atoms with van der Waals surface area (Å²) in [6, 6.07) is 0. The normalized spacial score (nSPS) is 13.2. The van der Waals surface area contributed by atoms with Crippen LogP contribution in [0.25, 0.3) is 0 Å². The molecule has 0 rings (SSSR count). The Labute approximate surface area is 128 Å². The Kier molecular flexibility index (Phi) is 10.2. The molecule has 0 unspecified atom stereocenters. The molecule has 0 saturated carbocycles. The SMILES string of the molecule is CCN(C)[P+](N(CC)CC)(N(CC)CC)N(CC)CC. The summed E-state index contributed by atoms with van der Waals surface area (Å²) in [6.07, 6.45) is 0. The second kappa shape index (κ2) is 10.1. The molecule has 0 atom stereocenters. The fourth-order valence-corrected chi connectivity index (χ4v) is 8.21. The molecule has 122 valence electrons. The van der Waals surface area contributed by atoms with E-state index < -0.39 is 7.87 Å². The van der Waals surface area contributed by atoms with Crippen molar-refractivity contribution < 1.29 is 0 Å². The first-order chi connectivity index (χ1) is 9.54. The summed E-state index contributed by atoms with van der Waals surface area (Å²) in [7, 11) is 0.724. The van der Waals surface area contributed by atoms with Crippen LogP contribution in [0.15, 0.2) is 0 Å². The Morgan fingerprint density at radius 3 is 0.900 bits per heavy atom. The van der Waals surface area contributed by atoms with Gasteiger partial charge in [-0.2, -0.15) is 0 Å². The summed E-state index contributed by atoms with van der Waals surface area (Å²) in [4.78, 5) is 0. The average molecular weight is 305 g/mol. The second-order valence-electron chi connectivity index (χ2n) is 4.93. The van der Waals surface area contributed by atoms with E-state index in [9.17, 15) is 0 Å². The lowest BCUT2D eigenvalue weighted by atomic mass is 10.7. The van der Waals surface area contributed by atoms with Gasteiger partial charge in [0.2, 0.25) is 0 Å². The predicted molar refractivity (Wildman–Crippen MR) is 94.0 cm³/mol. The van der Waals surface area contributed by atoms with Crippen molar-refractivity contribution in [2.24, 2.45) is 0 Å². The van der Waals surface area contributed by atoms with Crippen LogP contribution < -0.4 is 0 Å². The highest BCUT2D eigenvalue weighted by atomic mass is 31.2. The Morgan fingerprint density at radius 1 is 0.500 bits per heavy atom. The zero-order valence-corrected chi connectivity index (χ0v) is 16.1. The van der Waals surface area contributed by atoms with Crippen molar-refractivity contribution in [3.05, 3.63) is 0 Å². The number of hydrogen-bond donors (Lipinski definition) is 0. The lowest BCUT2D eigenvalue weighted by Gasteiger charge is -2.49. The van der Waals surface area contributed by atoms with Crippen LogP contribution in [0.2, 0.25) is 0 Å². The highest BCUT2D eigenvalue weighted by molar-refractivity contribution is 7.66. The van der Waals surface area contributed by atoms with Gasteiger partial charge < -0.3 is 0 Å². The molecule has 0 aliphatic heterocycles. The lowest BCUT2D eigenvalue weighted by Crippen LogP contribution is -2.51. The quantitative estimate of drug-likeness (QED) is 0.540. The largest absolute Gasteiger partial charge is 0.308 e. The van der Waals surface area contributed by atoms with Gasteiger partial charge in [-0.05, 0) is 48.5 Å². The van der Waals surface area contributed by atoms with Crippen molar-refractivity contribution in [2.75, 3.05) is 52.9 Å². The summed E-state index contributed by atoms with van der Waals surface area (Å²) in [5.41, 5.74) is 0. The molecule has 0 amide bonds. The van der Waals surface area contributed by atoms with Crippen LogP contribution in [0.3, 0.4) is 0 Å². The molecule has 0 fully saturated rings. The minimum Gasteiger partial charge on any atom is -0.136 e. The van der Waals surface area contributed by atoms with Gasteiger partial charge in [0, 0.05) is 52.9 Å². The van der Waals surface area contributed by atoms with E-state index in [0.717, 1.165) is 45.8 Å². The molecule has 0 saturated heterocycles. The third-order valence-electron chi connectivity index (χ3n) is 4.24. The van der Waals surface area contributed by atoms with E-state index in [1.807, 2.05) is 0 Å². The molecule has 0 radical (unpaired) electrons. The zero-order chi connectivity index (χ0) is 15.8. The molecule has 0 N–H and O–H groups in total. The summed E-state index contributed by atoms with van der Waals surface area (Å²) in [5.74, 6) is 0. The zero-order valence-electron chi connectivity index (χ0n) is 15.2. The molecule has 4 nitrogen and oxygen atoms in total. The Hall–Kier alpha value is 0.270. The molecule has 0 aliphatic carbocycles. The molecule has 0 spiro atoms. The number of hydrogen-bond acceptors (Lipinski definition) is 4. The smallest absolute Gasteiger partial charge is 0.136 e. The van der Waals surface area contributed by atoms with Gasteiger partial charge in [0.1, 0.15) is 0 Å². The minimum atomic E-state index is -1.58. The fourth-order valence-electron chi connectivity index (χ4n) is 3.18. The first kappa shape index (κ1) is 20.3. The first-order valence-corrected chi connectivity index (χ1v) is 10.0. The third-order valence-corrected chi connectivity index (χ3v) is 9.42. The summed E-state index contributed by atoms with van der Waals surface area (Å²) in [5, 5.41) is 0. The summed E-state index contributed by atoms with van der Waals surface area (Å²) < 4.78 is 10.7. The van der Waals surface area contributed by atoms with E-state index in [1.165, 1.54) is 0 Å². The molecule has 0 aromatic heterocycles. The fraction of sp³-hybridized carbons (Fsp3) is 1.00. The van der Waals surface area contributed by atoms with Crippen LogP contribution in [0.4, 0.5) is 0 Å². The first-order valence-electron chi connectivity index (χ1n) is 8.41. The molecule has 5 heteroatoms. The van der Waals surface area contributed by atoms with E-state index in [4.69, 9.17) is 0 Å². The van der Waals surface area contributed by atoms with Crippen LogP contribution in [-0.4, -0.2) is 71.5 Å². The summed E-state index contributed by atoms with van der Waals surface area (Å²) in [6.45, 7) is 23.9. The van der Waals surface area contributed by atoms with Gasteiger partial charge >= 0.3 is 7.87 Å². The van der Waals surface area contributed by atoms with E-state index in [-0.39, 0.29) is 0 Å². The minimum absolute atomic E-state index is 1.09. The van der Waals surface area contributed by atoms with Crippen molar-refractivity contribution in [2.45, 2.75) is 48.5 Å². The van der Waals surface area contributed by atoms with Gasteiger partial charge in [-0.15, -0.1) is 18.7 Å². The van der Waals surface area contributed by atoms with Crippen LogP contribution in [0, 0.1) is 0 Å². The molecule has 20 heavy (non-hydrogen) atoms. The van der Waals surface area contributed by atoms with Gasteiger partial charge in [0.05, 0.1) is 0 Å². The topological polar surface area (TPSA) is 13.0 Å². The Morgan fingerprint density at radius 2 is 0.750 bits per heavy atom. The van der Waals surface area contributed by atoms with Gasteiger partial charge in [0.25, 0.3) is 0 Å². The van der Waals surface area contributed by atoms with E-state index in [1.54, 1.807) is 0 Å². The number of rotatable bonds is 11. The van der Waals surface area contributed by atoms with E-state index >= 15 is 0 Å². The number of nitrogens with zero attached hydrogens (tertiary/aromatic N) is 4. The van der Waals surface area contributed by atoms with Crippen molar-refractivity contribution in [3.63, 3.8) is 0 Å². The van der Waals surface area contributed by atoms with Crippen LogP contribution in [0.1, 0.15) is 48.5 Å². The maximum atomic E-state index is 2.70. The van der Waals surface area contributed by atoms with Crippen molar-refractivity contribution in [1.29, 1.82) is 0 Å². The molecule has 0 bridgehead atoms. The van der Waals surface area contributed by atoms with Gasteiger partial charge in [-0.1, -0.05) is 0 Å². The Bertz CT molecular complexity index is 207. The van der Waals surface area contributed by atoms with Crippen molar-refractivity contribution in [3.8, 4) is 0 Å². The van der Waals surface area contributed by atoms with Gasteiger partial charge in [0.15, 0.2) is 0 Å². The van der Waals surface area contributed by atoms with Crippen LogP contribution in [0.5, 0.6) is 0 Å². The van der Waals surface area contributed by atoms with Gasteiger partial charge in [-0.3, -0.25) is 0 Å². The Balaban J connectivity index is 5.98.